The van der Waals surface area contributed by atoms with Crippen molar-refractivity contribution in [3.8, 4) is 0 Å². The van der Waals surface area contributed by atoms with E-state index in [0.717, 1.165) is 18.9 Å². The number of nitrogens with one attached hydrogen (secondary N) is 1. The quantitative estimate of drug-likeness (QED) is 0.830. The zero-order chi connectivity index (χ0) is 18.4. The number of piperidine rings is 2. The summed E-state index contributed by atoms with van der Waals surface area (Å²) < 4.78 is 0. The molecule has 0 aromatic rings. The lowest BCUT2D eigenvalue weighted by atomic mass is 9.86. The molecule has 0 saturated carbocycles. The third kappa shape index (κ3) is 4.39. The van der Waals surface area contributed by atoms with Crippen molar-refractivity contribution < 1.29 is 4.79 Å². The van der Waals surface area contributed by atoms with Crippen LogP contribution in [0.3, 0.4) is 0 Å². The molecule has 0 aromatic heterocycles. The maximum Gasteiger partial charge on any atom is 0.223 e. The van der Waals surface area contributed by atoms with Crippen molar-refractivity contribution in [2.75, 3.05) is 13.1 Å². The van der Waals surface area contributed by atoms with E-state index in [1.807, 2.05) is 0 Å². The molecule has 3 saturated heterocycles. The Morgan fingerprint density at radius 2 is 1.36 bits per heavy atom. The van der Waals surface area contributed by atoms with Gasteiger partial charge in [-0.15, -0.1) is 0 Å². The monoisotopic (exact) mass is 349 g/mol. The smallest absolute Gasteiger partial charge is 0.223 e. The van der Waals surface area contributed by atoms with Crippen LogP contribution in [0.4, 0.5) is 0 Å². The summed E-state index contributed by atoms with van der Waals surface area (Å²) in [6.07, 6.45) is 7.31. The molecule has 3 rings (SSSR count). The third-order valence-corrected chi connectivity index (χ3v) is 6.49. The zero-order valence-electron chi connectivity index (χ0n) is 17.3. The Kier molecular flexibility index (Phi) is 5.25. The maximum atomic E-state index is 12.6. The fourth-order valence-electron chi connectivity index (χ4n) is 5.33. The molecular weight excluding hydrogens is 310 g/mol. The van der Waals surface area contributed by atoms with E-state index in [1.165, 1.54) is 38.8 Å². The number of fused-ring (bicyclic) bond motifs is 2. The Morgan fingerprint density at radius 3 is 1.80 bits per heavy atom. The number of hydrogen-bond donors (Lipinski definition) is 1. The van der Waals surface area contributed by atoms with E-state index in [4.69, 9.17) is 0 Å². The standard InChI is InChI=1S/C21H39N3O/c1-20(2,3)22-19(25)15-13-17-7-8-18(14-15)24(17)16-9-11-23(12-10-16)21(4,5)6/h15-18H,7-14H2,1-6H3,(H,22,25). The van der Waals surface area contributed by atoms with Crippen LogP contribution in [0.1, 0.15) is 80.1 Å². The molecule has 25 heavy (non-hydrogen) atoms. The lowest BCUT2D eigenvalue weighted by Gasteiger charge is -2.48. The van der Waals surface area contributed by atoms with Gasteiger partial charge >= 0.3 is 0 Å². The lowest BCUT2D eigenvalue weighted by Crippen LogP contribution is -2.56. The van der Waals surface area contributed by atoms with Crippen LogP contribution in [-0.4, -0.2) is 58.0 Å². The Bertz CT molecular complexity index is 468. The minimum Gasteiger partial charge on any atom is -0.351 e. The minimum atomic E-state index is -0.118. The van der Waals surface area contributed by atoms with Crippen LogP contribution < -0.4 is 5.32 Å². The lowest BCUT2D eigenvalue weighted by molar-refractivity contribution is -0.129. The molecule has 2 atom stereocenters. The minimum absolute atomic E-state index is 0.118. The van der Waals surface area contributed by atoms with E-state index in [1.54, 1.807) is 0 Å². The van der Waals surface area contributed by atoms with Crippen molar-refractivity contribution >= 4 is 5.91 Å². The van der Waals surface area contributed by atoms with E-state index in [-0.39, 0.29) is 17.4 Å². The zero-order valence-corrected chi connectivity index (χ0v) is 17.3. The summed E-state index contributed by atoms with van der Waals surface area (Å²) in [5.41, 5.74) is 0.176. The van der Waals surface area contributed by atoms with Crippen LogP contribution in [0.15, 0.2) is 0 Å². The summed E-state index contributed by atoms with van der Waals surface area (Å²) in [4.78, 5) is 18.1. The van der Waals surface area contributed by atoms with Gasteiger partial charge in [0.25, 0.3) is 0 Å². The van der Waals surface area contributed by atoms with Gasteiger partial charge < -0.3 is 5.32 Å². The molecule has 1 amide bonds. The molecular formula is C21H39N3O. The molecule has 0 spiro atoms. The average molecular weight is 350 g/mol. The van der Waals surface area contributed by atoms with E-state index < -0.39 is 0 Å². The van der Waals surface area contributed by atoms with E-state index in [9.17, 15) is 4.79 Å². The fraction of sp³-hybridized carbons (Fsp3) is 0.952. The summed E-state index contributed by atoms with van der Waals surface area (Å²) in [7, 11) is 0. The molecule has 0 aliphatic carbocycles. The largest absolute Gasteiger partial charge is 0.351 e. The molecule has 2 bridgehead atoms. The number of likely N-dealkylation sites (tertiary alicyclic amines) is 1. The van der Waals surface area contributed by atoms with Gasteiger partial charge in [-0.2, -0.15) is 0 Å². The van der Waals surface area contributed by atoms with Crippen molar-refractivity contribution in [2.24, 2.45) is 5.92 Å². The summed E-state index contributed by atoms with van der Waals surface area (Å²) in [6.45, 7) is 15.7. The van der Waals surface area contributed by atoms with Crippen LogP contribution in [0, 0.1) is 5.92 Å². The second-order valence-electron chi connectivity index (χ2n) is 10.6. The van der Waals surface area contributed by atoms with Crippen LogP contribution in [0.25, 0.3) is 0 Å². The van der Waals surface area contributed by atoms with Crippen LogP contribution >= 0.6 is 0 Å². The van der Waals surface area contributed by atoms with Gasteiger partial charge in [0.1, 0.15) is 0 Å². The Morgan fingerprint density at radius 1 is 0.840 bits per heavy atom. The summed E-state index contributed by atoms with van der Waals surface area (Å²) >= 11 is 0. The van der Waals surface area contributed by atoms with Gasteiger partial charge in [0.2, 0.25) is 5.91 Å². The topological polar surface area (TPSA) is 35.6 Å². The number of rotatable bonds is 2. The normalized spacial score (nSPS) is 32.8. The van der Waals surface area contributed by atoms with Gasteiger partial charge in [-0.05, 0) is 80.1 Å². The SMILES string of the molecule is CC(C)(C)NC(=O)C1CC2CCC(C1)N2C1CCN(C(C)(C)C)CC1. The maximum absolute atomic E-state index is 12.6. The van der Waals surface area contributed by atoms with E-state index in [2.05, 4.69) is 56.7 Å². The highest BCUT2D eigenvalue weighted by atomic mass is 16.2. The first-order valence-corrected chi connectivity index (χ1v) is 10.4. The van der Waals surface area contributed by atoms with Crippen LogP contribution in [-0.2, 0) is 4.79 Å². The predicted octanol–water partition coefficient (Wildman–Crippen LogP) is 3.41. The van der Waals surface area contributed by atoms with Crippen molar-refractivity contribution in [3.05, 3.63) is 0 Å². The Hall–Kier alpha value is -0.610. The van der Waals surface area contributed by atoms with Gasteiger partial charge in [0, 0.05) is 48.2 Å². The number of carbonyl (C=O) groups excluding carboxylic acids is 1. The first kappa shape index (κ1) is 19.2. The van der Waals surface area contributed by atoms with Gasteiger partial charge in [-0.25, -0.2) is 0 Å². The first-order chi connectivity index (χ1) is 11.5. The molecule has 0 radical (unpaired) electrons. The highest BCUT2D eigenvalue weighted by Crippen LogP contribution is 2.42. The summed E-state index contributed by atoms with van der Waals surface area (Å²) in [6, 6.07) is 2.02. The van der Waals surface area contributed by atoms with Gasteiger partial charge in [-0.3, -0.25) is 14.6 Å². The molecule has 3 aliphatic rings. The van der Waals surface area contributed by atoms with Crippen molar-refractivity contribution in [2.45, 2.75) is 109 Å². The van der Waals surface area contributed by atoms with Crippen molar-refractivity contribution in [3.63, 3.8) is 0 Å². The number of carbonyl (C=O) groups is 1. The average Bonchev–Trinajstić information content (AvgIpc) is 2.74. The number of amides is 1. The molecule has 3 fully saturated rings. The molecule has 4 heteroatoms. The molecule has 3 aliphatic heterocycles. The summed E-state index contributed by atoms with van der Waals surface area (Å²) in [5, 5.41) is 3.21. The second kappa shape index (κ2) is 6.84. The van der Waals surface area contributed by atoms with E-state index >= 15 is 0 Å². The van der Waals surface area contributed by atoms with Crippen molar-refractivity contribution in [1.29, 1.82) is 0 Å². The molecule has 0 aromatic carbocycles. The van der Waals surface area contributed by atoms with Gasteiger partial charge in [0.05, 0.1) is 0 Å². The van der Waals surface area contributed by atoms with Crippen LogP contribution in [0.5, 0.6) is 0 Å². The van der Waals surface area contributed by atoms with Crippen LogP contribution in [0.2, 0.25) is 0 Å². The predicted molar refractivity (Wildman–Crippen MR) is 104 cm³/mol. The Balaban J connectivity index is 1.58. The highest BCUT2D eigenvalue weighted by molar-refractivity contribution is 5.79. The molecule has 2 unspecified atom stereocenters. The first-order valence-electron chi connectivity index (χ1n) is 10.4. The molecule has 1 N–H and O–H groups in total. The molecule has 3 heterocycles. The van der Waals surface area contributed by atoms with Crippen molar-refractivity contribution in [1.82, 2.24) is 15.1 Å². The Labute approximate surface area is 154 Å². The molecule has 144 valence electrons. The summed E-state index contributed by atoms with van der Waals surface area (Å²) in [5.74, 6) is 0.509. The van der Waals surface area contributed by atoms with E-state index in [0.29, 0.717) is 17.6 Å². The number of hydrogen-bond acceptors (Lipinski definition) is 3. The molecule has 4 nitrogen and oxygen atoms in total. The second-order valence-corrected chi connectivity index (χ2v) is 10.6. The fourth-order valence-corrected chi connectivity index (χ4v) is 5.33. The highest BCUT2D eigenvalue weighted by Gasteiger charge is 2.46. The third-order valence-electron chi connectivity index (χ3n) is 6.49. The van der Waals surface area contributed by atoms with Gasteiger partial charge in [-0.1, -0.05) is 0 Å². The van der Waals surface area contributed by atoms with Gasteiger partial charge in [0.15, 0.2) is 0 Å². The number of nitrogens with zero attached hydrogens (tertiary/aromatic N) is 2.